The van der Waals surface area contributed by atoms with Crippen molar-refractivity contribution in [2.45, 2.75) is 13.3 Å². The minimum absolute atomic E-state index is 0.265. The van der Waals surface area contributed by atoms with Crippen LogP contribution in [0.2, 0.25) is 0 Å². The van der Waals surface area contributed by atoms with Crippen molar-refractivity contribution in [3.63, 3.8) is 0 Å². The highest BCUT2D eigenvalue weighted by Gasteiger charge is 2.07. The lowest BCUT2D eigenvalue weighted by Gasteiger charge is -2.06. The molecule has 1 N–H and O–H groups in total. The van der Waals surface area contributed by atoms with Crippen LogP contribution in [0.3, 0.4) is 0 Å². The van der Waals surface area contributed by atoms with Gasteiger partial charge in [-0.3, -0.25) is 0 Å². The molecule has 0 spiro atoms. The maximum atomic E-state index is 12.8. The van der Waals surface area contributed by atoms with Gasteiger partial charge >= 0.3 is 0 Å². The molecule has 1 rings (SSSR count). The number of halogens is 2. The Kier molecular flexibility index (Phi) is 4.70. The Morgan fingerprint density at radius 3 is 2.69 bits per heavy atom. The molecule has 0 amide bonds. The van der Waals surface area contributed by atoms with Crippen LogP contribution in [-0.4, -0.2) is 20.2 Å². The van der Waals surface area contributed by atoms with Gasteiger partial charge in [-0.15, -0.1) is 11.6 Å². The van der Waals surface area contributed by atoms with Crippen molar-refractivity contribution in [2.75, 3.05) is 11.8 Å². The summed E-state index contributed by atoms with van der Waals surface area (Å²) in [4.78, 5) is 0. The molecular formula is C10H13ClFNO2S. The molecule has 0 unspecified atom stereocenters. The first-order valence-corrected chi connectivity index (χ1v) is 6.91. The lowest BCUT2D eigenvalue weighted by Crippen LogP contribution is -2.26. The molecule has 3 nitrogen and oxygen atoms in total. The van der Waals surface area contributed by atoms with Crippen LogP contribution in [0.4, 0.5) is 4.39 Å². The molecule has 0 aromatic heterocycles. The topological polar surface area (TPSA) is 46.2 Å². The molecule has 6 heteroatoms. The molecular weight excluding hydrogens is 253 g/mol. The smallest absolute Gasteiger partial charge is 0.214 e. The van der Waals surface area contributed by atoms with Crippen LogP contribution in [0.25, 0.3) is 0 Å². The largest absolute Gasteiger partial charge is 0.225 e. The first-order chi connectivity index (χ1) is 7.44. The Hall–Kier alpha value is -0.650. The summed E-state index contributed by atoms with van der Waals surface area (Å²) in [6.07, 6.45) is 0.516. The molecule has 0 atom stereocenters. The van der Waals surface area contributed by atoms with Crippen LogP contribution < -0.4 is 4.72 Å². The molecule has 0 fully saturated rings. The number of rotatable bonds is 5. The number of aryl methyl sites for hydroxylation is 1. The summed E-state index contributed by atoms with van der Waals surface area (Å²) in [5.41, 5.74) is 1.73. The molecule has 1 aromatic carbocycles. The van der Waals surface area contributed by atoms with Gasteiger partial charge in [0.15, 0.2) is 0 Å². The molecule has 1 aromatic rings. The van der Waals surface area contributed by atoms with Gasteiger partial charge in [0.05, 0.1) is 0 Å². The van der Waals surface area contributed by atoms with Crippen molar-refractivity contribution >= 4 is 21.6 Å². The lowest BCUT2D eigenvalue weighted by atomic mass is 10.1. The van der Waals surface area contributed by atoms with E-state index in [9.17, 15) is 12.8 Å². The number of hydrogen-bond donors (Lipinski definition) is 1. The van der Waals surface area contributed by atoms with Gasteiger partial charge < -0.3 is 0 Å². The highest BCUT2D eigenvalue weighted by molar-refractivity contribution is 7.90. The Morgan fingerprint density at radius 1 is 1.44 bits per heavy atom. The third-order valence-electron chi connectivity index (χ3n) is 2.16. The fourth-order valence-electron chi connectivity index (χ4n) is 1.32. The van der Waals surface area contributed by atoms with Gasteiger partial charge in [-0.2, -0.15) is 0 Å². The number of sulfonamides is 1. The molecule has 90 valence electrons. The van der Waals surface area contributed by atoms with Gasteiger partial charge in [0.2, 0.25) is 10.0 Å². The maximum Gasteiger partial charge on any atom is 0.225 e. The third kappa shape index (κ3) is 4.08. The van der Waals surface area contributed by atoms with E-state index in [1.165, 1.54) is 12.1 Å². The van der Waals surface area contributed by atoms with Gasteiger partial charge in [-0.05, 0) is 36.6 Å². The van der Waals surface area contributed by atoms with Crippen molar-refractivity contribution in [3.05, 3.63) is 35.1 Å². The first-order valence-electron chi connectivity index (χ1n) is 4.73. The van der Waals surface area contributed by atoms with E-state index in [4.69, 9.17) is 11.6 Å². The zero-order valence-electron chi connectivity index (χ0n) is 8.83. The van der Waals surface area contributed by atoms with Gasteiger partial charge in [0.25, 0.3) is 0 Å². The van der Waals surface area contributed by atoms with E-state index in [2.05, 4.69) is 4.72 Å². The van der Waals surface area contributed by atoms with Crippen molar-refractivity contribution < 1.29 is 12.8 Å². The predicted molar refractivity (Wildman–Crippen MR) is 62.5 cm³/mol. The minimum Gasteiger partial charge on any atom is -0.214 e. The van der Waals surface area contributed by atoms with E-state index in [-0.39, 0.29) is 12.4 Å². The van der Waals surface area contributed by atoms with Crippen molar-refractivity contribution in [1.29, 1.82) is 0 Å². The summed E-state index contributed by atoms with van der Waals surface area (Å²) in [7, 11) is -3.37. The Bertz CT molecular complexity index is 462. The standard InChI is InChI=1S/C10H13ClFNO2S/c1-8-6-10(12)3-2-9(8)4-5-13-16(14,15)7-11/h2-3,6,13H,4-5,7H2,1H3. The average Bonchev–Trinajstić information content (AvgIpc) is 2.21. The number of alkyl halides is 1. The molecule has 0 saturated heterocycles. The fourth-order valence-corrected chi connectivity index (χ4v) is 2.04. The first kappa shape index (κ1) is 13.4. The van der Waals surface area contributed by atoms with Gasteiger partial charge in [-0.25, -0.2) is 17.5 Å². The van der Waals surface area contributed by atoms with E-state index in [1.54, 1.807) is 13.0 Å². The second-order valence-electron chi connectivity index (χ2n) is 3.44. The SMILES string of the molecule is Cc1cc(F)ccc1CCNS(=O)(=O)CCl. The van der Waals surface area contributed by atoms with E-state index < -0.39 is 15.2 Å². The quantitative estimate of drug-likeness (QED) is 0.825. The summed E-state index contributed by atoms with van der Waals surface area (Å²) in [5.74, 6) is -0.289. The molecule has 0 saturated carbocycles. The van der Waals surface area contributed by atoms with Gasteiger partial charge in [-0.1, -0.05) is 6.07 Å². The molecule has 0 aliphatic carbocycles. The Balaban J connectivity index is 2.56. The molecule has 0 bridgehead atoms. The van der Waals surface area contributed by atoms with Crippen LogP contribution in [0.5, 0.6) is 0 Å². The second-order valence-corrected chi connectivity index (χ2v) is 5.83. The molecule has 0 radical (unpaired) electrons. The Morgan fingerprint density at radius 2 is 2.12 bits per heavy atom. The zero-order valence-corrected chi connectivity index (χ0v) is 10.4. The van der Waals surface area contributed by atoms with Crippen LogP contribution in [0.15, 0.2) is 18.2 Å². The average molecular weight is 266 g/mol. The van der Waals surface area contributed by atoms with Gasteiger partial charge in [0.1, 0.15) is 11.0 Å². The Labute approximate surface area is 99.7 Å². The number of benzene rings is 1. The predicted octanol–water partition coefficient (Wildman–Crippen LogP) is 1.79. The van der Waals surface area contributed by atoms with Crippen LogP contribution in [0.1, 0.15) is 11.1 Å². The summed E-state index contributed by atoms with van der Waals surface area (Å²) < 4.78 is 37.2. The molecule has 0 aliphatic rings. The normalized spacial score (nSPS) is 11.7. The summed E-state index contributed by atoms with van der Waals surface area (Å²) in [6.45, 7) is 2.05. The van der Waals surface area contributed by atoms with E-state index in [1.807, 2.05) is 0 Å². The monoisotopic (exact) mass is 265 g/mol. The molecule has 0 heterocycles. The zero-order chi connectivity index (χ0) is 12.2. The van der Waals surface area contributed by atoms with Crippen molar-refractivity contribution in [3.8, 4) is 0 Å². The maximum absolute atomic E-state index is 12.8. The van der Waals surface area contributed by atoms with Crippen LogP contribution in [0, 0.1) is 12.7 Å². The van der Waals surface area contributed by atoms with Crippen molar-refractivity contribution in [2.24, 2.45) is 0 Å². The highest BCUT2D eigenvalue weighted by Crippen LogP contribution is 2.10. The van der Waals surface area contributed by atoms with Crippen LogP contribution >= 0.6 is 11.6 Å². The van der Waals surface area contributed by atoms with E-state index in [0.29, 0.717) is 6.42 Å². The van der Waals surface area contributed by atoms with Crippen LogP contribution in [-0.2, 0) is 16.4 Å². The second kappa shape index (κ2) is 5.61. The highest BCUT2D eigenvalue weighted by atomic mass is 35.5. The molecule has 0 aliphatic heterocycles. The fraction of sp³-hybridized carbons (Fsp3) is 0.400. The third-order valence-corrected chi connectivity index (χ3v) is 3.96. The summed E-state index contributed by atoms with van der Waals surface area (Å²) in [6, 6.07) is 4.43. The minimum atomic E-state index is -3.37. The van der Waals surface area contributed by atoms with Gasteiger partial charge in [0, 0.05) is 6.54 Å². The summed E-state index contributed by atoms with van der Waals surface area (Å²) >= 11 is 5.23. The number of hydrogen-bond acceptors (Lipinski definition) is 2. The van der Waals surface area contributed by atoms with E-state index in [0.717, 1.165) is 11.1 Å². The summed E-state index contributed by atoms with van der Waals surface area (Å²) in [5, 5.41) is -0.449. The molecule has 16 heavy (non-hydrogen) atoms. The number of nitrogens with one attached hydrogen (secondary N) is 1. The lowest BCUT2D eigenvalue weighted by molar-refractivity contribution is 0.586. The van der Waals surface area contributed by atoms with Crippen molar-refractivity contribution in [1.82, 2.24) is 4.72 Å². The van der Waals surface area contributed by atoms with E-state index >= 15 is 0 Å².